The van der Waals surface area contributed by atoms with Crippen molar-refractivity contribution in [1.29, 1.82) is 0 Å². The van der Waals surface area contributed by atoms with Crippen molar-refractivity contribution < 1.29 is 13.6 Å². The van der Waals surface area contributed by atoms with E-state index in [-0.39, 0.29) is 29.5 Å². The maximum absolute atomic E-state index is 13.4. The van der Waals surface area contributed by atoms with Gasteiger partial charge in [-0.15, -0.1) is 0 Å². The number of carbonyl (C=O) groups is 1. The molecule has 0 spiro atoms. The van der Waals surface area contributed by atoms with Crippen LogP contribution in [-0.2, 0) is 11.3 Å². The average molecular weight is 280 g/mol. The predicted octanol–water partition coefficient (Wildman–Crippen LogP) is 2.99. The van der Waals surface area contributed by atoms with Gasteiger partial charge in [0.15, 0.2) is 5.78 Å². The van der Waals surface area contributed by atoms with Crippen molar-refractivity contribution in [3.63, 3.8) is 0 Å². The second-order valence-electron chi connectivity index (χ2n) is 4.81. The number of hydrogen-bond donors (Lipinski definition) is 1. The summed E-state index contributed by atoms with van der Waals surface area (Å²) in [5.41, 5.74) is 6.40. The summed E-state index contributed by atoms with van der Waals surface area (Å²) in [7, 11) is 0. The molecule has 0 aliphatic rings. The summed E-state index contributed by atoms with van der Waals surface area (Å²) in [6.07, 6.45) is 1.44. The second kappa shape index (κ2) is 6.93. The second-order valence-corrected chi connectivity index (χ2v) is 4.81. The number of carbonyl (C=O) groups excluding carboxylic acids is 1. The molecule has 108 valence electrons. The zero-order chi connectivity index (χ0) is 15.3. The Hall–Kier alpha value is -2.04. The summed E-state index contributed by atoms with van der Waals surface area (Å²) in [6.45, 7) is 5.14. The largest absolute Gasteiger partial charge is 0.396 e. The summed E-state index contributed by atoms with van der Waals surface area (Å²) >= 11 is 0. The fourth-order valence-corrected chi connectivity index (χ4v) is 1.55. The van der Waals surface area contributed by atoms with Crippen LogP contribution in [0.2, 0.25) is 0 Å². The maximum atomic E-state index is 13.4. The lowest BCUT2D eigenvalue weighted by molar-refractivity contribution is -0.118. The van der Waals surface area contributed by atoms with E-state index in [1.807, 2.05) is 0 Å². The van der Waals surface area contributed by atoms with Crippen LogP contribution in [0.5, 0.6) is 0 Å². The van der Waals surface area contributed by atoms with Crippen molar-refractivity contribution in [2.45, 2.75) is 27.3 Å². The van der Waals surface area contributed by atoms with Crippen molar-refractivity contribution in [1.82, 2.24) is 0 Å². The highest BCUT2D eigenvalue weighted by Crippen LogP contribution is 2.11. The fourth-order valence-electron chi connectivity index (χ4n) is 1.55. The van der Waals surface area contributed by atoms with E-state index in [0.29, 0.717) is 5.71 Å². The molecule has 1 aromatic carbocycles. The molecule has 0 amide bonds. The molecule has 3 nitrogen and oxygen atoms in total. The number of allylic oxidation sites excluding steroid dienone is 2. The molecule has 0 aliphatic carbocycles. The van der Waals surface area contributed by atoms with Crippen molar-refractivity contribution >= 4 is 11.5 Å². The molecule has 20 heavy (non-hydrogen) atoms. The Morgan fingerprint density at radius 1 is 1.40 bits per heavy atom. The number of aliphatic imine (C=N–C) groups is 1. The minimum Gasteiger partial charge on any atom is -0.396 e. The summed E-state index contributed by atoms with van der Waals surface area (Å²) in [5, 5.41) is 0. The highest BCUT2D eigenvalue weighted by Gasteiger charge is 2.10. The van der Waals surface area contributed by atoms with Crippen LogP contribution in [0.25, 0.3) is 0 Å². The lowest BCUT2D eigenvalue weighted by atomic mass is 10.1. The molecule has 1 aromatic rings. The molecular formula is C15H18F2N2O. The lowest BCUT2D eigenvalue weighted by Crippen LogP contribution is -2.17. The van der Waals surface area contributed by atoms with Gasteiger partial charge in [-0.25, -0.2) is 8.78 Å². The number of Topliss-reactive ketones (excluding diaryl/α,β-unsaturated/α-hetero) is 1. The van der Waals surface area contributed by atoms with Crippen molar-refractivity contribution in [3.8, 4) is 0 Å². The Labute approximate surface area is 117 Å². The van der Waals surface area contributed by atoms with Gasteiger partial charge in [0.2, 0.25) is 0 Å². The molecule has 0 bridgehead atoms. The number of ketones is 1. The Morgan fingerprint density at radius 2 is 2.05 bits per heavy atom. The summed E-state index contributed by atoms with van der Waals surface area (Å²) < 4.78 is 26.4. The third kappa shape index (κ3) is 4.57. The topological polar surface area (TPSA) is 55.5 Å². The van der Waals surface area contributed by atoms with Gasteiger partial charge < -0.3 is 5.73 Å². The van der Waals surface area contributed by atoms with E-state index in [9.17, 15) is 13.6 Å². The Morgan fingerprint density at radius 3 is 2.65 bits per heavy atom. The van der Waals surface area contributed by atoms with Crippen LogP contribution in [0, 0.1) is 17.6 Å². The molecule has 0 heterocycles. The third-order valence-corrected chi connectivity index (χ3v) is 2.68. The Balaban J connectivity index is 2.82. The van der Waals surface area contributed by atoms with Gasteiger partial charge >= 0.3 is 0 Å². The number of rotatable bonds is 5. The fraction of sp³-hybridized carbons (Fsp3) is 0.333. The first-order chi connectivity index (χ1) is 9.31. The summed E-state index contributed by atoms with van der Waals surface area (Å²) in [4.78, 5) is 15.7. The van der Waals surface area contributed by atoms with Gasteiger partial charge in [-0.3, -0.25) is 9.79 Å². The highest BCUT2D eigenvalue weighted by molar-refractivity contribution is 6.03. The standard InChI is InChI=1S/C15H18F2N2O/c1-9(2)15(20)14(18)6-10(3)19-8-11-7-12(16)4-5-13(11)17/h4-7,9H,8,18H2,1-3H3. The maximum Gasteiger partial charge on any atom is 0.181 e. The van der Waals surface area contributed by atoms with Crippen LogP contribution in [-0.4, -0.2) is 11.5 Å². The molecular weight excluding hydrogens is 262 g/mol. The molecule has 0 aromatic heterocycles. The zero-order valence-corrected chi connectivity index (χ0v) is 11.8. The molecule has 1 rings (SSSR count). The number of halogens is 2. The van der Waals surface area contributed by atoms with Crippen LogP contribution in [0.15, 0.2) is 35.0 Å². The molecule has 0 saturated heterocycles. The van der Waals surface area contributed by atoms with Gasteiger partial charge in [0.1, 0.15) is 11.6 Å². The van der Waals surface area contributed by atoms with E-state index < -0.39 is 11.6 Å². The van der Waals surface area contributed by atoms with Crippen LogP contribution in [0.3, 0.4) is 0 Å². The monoisotopic (exact) mass is 280 g/mol. The number of hydrogen-bond acceptors (Lipinski definition) is 3. The normalized spacial score (nSPS) is 12.9. The average Bonchev–Trinajstić information content (AvgIpc) is 2.38. The third-order valence-electron chi connectivity index (χ3n) is 2.68. The van der Waals surface area contributed by atoms with Crippen molar-refractivity contribution in [2.24, 2.45) is 16.6 Å². The minimum atomic E-state index is -0.516. The van der Waals surface area contributed by atoms with Crippen molar-refractivity contribution in [3.05, 3.63) is 47.2 Å². The molecule has 0 saturated carbocycles. The van der Waals surface area contributed by atoms with Gasteiger partial charge in [0.25, 0.3) is 0 Å². The molecule has 2 N–H and O–H groups in total. The lowest BCUT2D eigenvalue weighted by Gasteiger charge is -2.04. The van der Waals surface area contributed by atoms with Crippen LogP contribution in [0.4, 0.5) is 8.78 Å². The number of nitrogens with zero attached hydrogens (tertiary/aromatic N) is 1. The van der Waals surface area contributed by atoms with Gasteiger partial charge in [0, 0.05) is 17.2 Å². The van der Waals surface area contributed by atoms with E-state index in [4.69, 9.17) is 5.73 Å². The molecule has 0 atom stereocenters. The van der Waals surface area contributed by atoms with Gasteiger partial charge in [-0.1, -0.05) is 13.8 Å². The van der Waals surface area contributed by atoms with Gasteiger partial charge in [-0.2, -0.15) is 0 Å². The van der Waals surface area contributed by atoms with E-state index in [0.717, 1.165) is 18.2 Å². The molecule has 0 fully saturated rings. The zero-order valence-electron chi connectivity index (χ0n) is 11.8. The van der Waals surface area contributed by atoms with E-state index >= 15 is 0 Å². The molecule has 5 heteroatoms. The quantitative estimate of drug-likeness (QED) is 0.666. The minimum absolute atomic E-state index is 0.00489. The number of benzene rings is 1. The first-order valence-electron chi connectivity index (χ1n) is 6.27. The number of nitrogens with two attached hydrogens (primary N) is 1. The molecule has 0 radical (unpaired) electrons. The van der Waals surface area contributed by atoms with Crippen molar-refractivity contribution in [2.75, 3.05) is 0 Å². The first kappa shape index (κ1) is 16.0. The first-order valence-corrected chi connectivity index (χ1v) is 6.27. The van der Waals surface area contributed by atoms with Crippen LogP contribution in [0.1, 0.15) is 26.3 Å². The molecule has 0 unspecified atom stereocenters. The van der Waals surface area contributed by atoms with Gasteiger partial charge in [0.05, 0.1) is 12.2 Å². The van der Waals surface area contributed by atoms with Gasteiger partial charge in [-0.05, 0) is 31.2 Å². The van der Waals surface area contributed by atoms with Crippen LogP contribution >= 0.6 is 0 Å². The smallest absolute Gasteiger partial charge is 0.181 e. The van der Waals surface area contributed by atoms with E-state index in [1.165, 1.54) is 6.08 Å². The van der Waals surface area contributed by atoms with E-state index in [2.05, 4.69) is 4.99 Å². The highest BCUT2D eigenvalue weighted by atomic mass is 19.1. The Bertz CT molecular complexity index is 563. The van der Waals surface area contributed by atoms with E-state index in [1.54, 1.807) is 20.8 Å². The summed E-state index contributed by atoms with van der Waals surface area (Å²) in [5.74, 6) is -1.39. The SMILES string of the molecule is CC(C=C(N)C(=O)C(C)C)=NCc1cc(F)ccc1F. The molecule has 0 aliphatic heterocycles. The predicted molar refractivity (Wildman–Crippen MR) is 75.3 cm³/mol. The Kier molecular flexibility index (Phi) is 5.55. The van der Waals surface area contributed by atoms with Crippen LogP contribution < -0.4 is 5.73 Å². The summed E-state index contributed by atoms with van der Waals surface area (Å²) in [6, 6.07) is 3.20.